The number of nitrogens with zero attached hydrogens (tertiary/aromatic N) is 4. The van der Waals surface area contributed by atoms with Crippen LogP contribution < -0.4 is 0 Å². The van der Waals surface area contributed by atoms with Gasteiger partial charge in [0.15, 0.2) is 11.6 Å². The highest BCUT2D eigenvalue weighted by atomic mass is 32.2. The lowest BCUT2D eigenvalue weighted by atomic mass is 10.1. The molecule has 178 valence electrons. The average Bonchev–Trinajstić information content (AvgIpc) is 3.31. The molecule has 0 atom stereocenters. The number of thioether (sulfide) groups is 1. The number of pyridine rings is 1. The third-order valence-corrected chi connectivity index (χ3v) is 7.03. The molecule has 6 nitrogen and oxygen atoms in total. The number of piperazine rings is 1. The Balaban J connectivity index is 1.23. The van der Waals surface area contributed by atoms with Crippen LogP contribution in [0, 0.1) is 11.6 Å². The Kier molecular flexibility index (Phi) is 6.50. The second kappa shape index (κ2) is 9.87. The summed E-state index contributed by atoms with van der Waals surface area (Å²) in [6, 6.07) is 16.5. The van der Waals surface area contributed by atoms with Crippen LogP contribution in [0.25, 0.3) is 5.65 Å². The smallest absolute Gasteiger partial charge is 0.255 e. The van der Waals surface area contributed by atoms with Crippen LogP contribution in [-0.4, -0.2) is 57.2 Å². The van der Waals surface area contributed by atoms with E-state index >= 15 is 0 Å². The molecule has 9 heteroatoms. The number of amides is 2. The summed E-state index contributed by atoms with van der Waals surface area (Å²) in [7, 11) is 0. The Morgan fingerprint density at radius 2 is 1.57 bits per heavy atom. The number of halogens is 2. The molecule has 2 aromatic carbocycles. The summed E-state index contributed by atoms with van der Waals surface area (Å²) in [6.45, 7) is 1.36. The standard InChI is InChI=1S/C26H22F2N4O2S/c27-21-9-8-18(15-22(21)28)25(33)30-11-13-31(14-12-30)26(34)20-5-1-2-6-23(20)35-17-19-16-32-10-4-3-7-24(32)29-19/h1-10,15-16H,11-14,17H2. The van der Waals surface area contributed by atoms with Gasteiger partial charge in [0.25, 0.3) is 11.8 Å². The zero-order valence-electron chi connectivity index (χ0n) is 18.7. The monoisotopic (exact) mass is 492 g/mol. The number of aromatic nitrogens is 2. The summed E-state index contributed by atoms with van der Waals surface area (Å²) in [5.41, 5.74) is 2.51. The van der Waals surface area contributed by atoms with Crippen LogP contribution in [0.15, 0.2) is 78.0 Å². The predicted molar refractivity (Wildman–Crippen MR) is 129 cm³/mol. The van der Waals surface area contributed by atoms with Crippen molar-refractivity contribution in [2.75, 3.05) is 26.2 Å². The first-order valence-corrected chi connectivity index (χ1v) is 12.2. The van der Waals surface area contributed by atoms with Gasteiger partial charge in [-0.3, -0.25) is 9.59 Å². The molecule has 2 amide bonds. The van der Waals surface area contributed by atoms with Crippen molar-refractivity contribution in [1.29, 1.82) is 0 Å². The maximum Gasteiger partial charge on any atom is 0.255 e. The van der Waals surface area contributed by atoms with E-state index in [0.717, 1.165) is 28.4 Å². The van der Waals surface area contributed by atoms with Gasteiger partial charge in [-0.25, -0.2) is 13.8 Å². The van der Waals surface area contributed by atoms with E-state index in [4.69, 9.17) is 0 Å². The molecule has 35 heavy (non-hydrogen) atoms. The van der Waals surface area contributed by atoms with E-state index in [0.29, 0.717) is 37.5 Å². The Morgan fingerprint density at radius 1 is 0.857 bits per heavy atom. The van der Waals surface area contributed by atoms with E-state index in [1.165, 1.54) is 6.07 Å². The summed E-state index contributed by atoms with van der Waals surface area (Å²) >= 11 is 1.56. The Hall–Kier alpha value is -3.72. The van der Waals surface area contributed by atoms with Crippen molar-refractivity contribution >= 4 is 29.2 Å². The molecule has 1 aliphatic rings. The minimum atomic E-state index is -1.05. The molecule has 0 bridgehead atoms. The highest BCUT2D eigenvalue weighted by molar-refractivity contribution is 7.98. The van der Waals surface area contributed by atoms with Crippen LogP contribution in [-0.2, 0) is 5.75 Å². The highest BCUT2D eigenvalue weighted by Crippen LogP contribution is 2.27. The molecule has 1 saturated heterocycles. The average molecular weight is 493 g/mol. The van der Waals surface area contributed by atoms with Gasteiger partial charge < -0.3 is 14.2 Å². The van der Waals surface area contributed by atoms with E-state index in [2.05, 4.69) is 4.98 Å². The van der Waals surface area contributed by atoms with Crippen LogP contribution in [0.4, 0.5) is 8.78 Å². The Morgan fingerprint density at radius 3 is 2.31 bits per heavy atom. The number of carbonyl (C=O) groups excluding carboxylic acids is 2. The number of hydrogen-bond donors (Lipinski definition) is 0. The summed E-state index contributed by atoms with van der Waals surface area (Å²) in [5, 5.41) is 0. The van der Waals surface area contributed by atoms with Crippen molar-refractivity contribution in [3.8, 4) is 0 Å². The summed E-state index contributed by atoms with van der Waals surface area (Å²) in [4.78, 5) is 34.7. The van der Waals surface area contributed by atoms with Gasteiger partial charge in [0.05, 0.1) is 11.3 Å². The molecular weight excluding hydrogens is 470 g/mol. The van der Waals surface area contributed by atoms with Crippen molar-refractivity contribution in [2.45, 2.75) is 10.6 Å². The molecule has 4 aromatic rings. The fourth-order valence-corrected chi connectivity index (χ4v) is 5.00. The molecule has 5 rings (SSSR count). The van der Waals surface area contributed by atoms with Crippen molar-refractivity contribution in [2.24, 2.45) is 0 Å². The van der Waals surface area contributed by atoms with Crippen LogP contribution in [0.1, 0.15) is 26.4 Å². The molecule has 0 radical (unpaired) electrons. The Labute approximate surface area is 205 Å². The van der Waals surface area contributed by atoms with Gasteiger partial charge in [0.1, 0.15) is 5.65 Å². The molecule has 3 heterocycles. The Bertz CT molecular complexity index is 1370. The third-order valence-electron chi connectivity index (χ3n) is 5.93. The van der Waals surface area contributed by atoms with E-state index in [9.17, 15) is 18.4 Å². The maximum absolute atomic E-state index is 13.5. The fourth-order valence-electron chi connectivity index (χ4n) is 4.07. The van der Waals surface area contributed by atoms with Crippen molar-refractivity contribution in [1.82, 2.24) is 19.2 Å². The maximum atomic E-state index is 13.5. The SMILES string of the molecule is O=C(c1ccc(F)c(F)c1)N1CCN(C(=O)c2ccccc2SCc2cn3ccccc3n2)CC1. The van der Waals surface area contributed by atoms with Crippen LogP contribution in [0.5, 0.6) is 0 Å². The van der Waals surface area contributed by atoms with Gasteiger partial charge in [-0.05, 0) is 42.5 Å². The summed E-state index contributed by atoms with van der Waals surface area (Å²) in [5.74, 6) is -1.89. The first-order chi connectivity index (χ1) is 17.0. The zero-order valence-corrected chi connectivity index (χ0v) is 19.5. The normalized spacial score (nSPS) is 13.9. The number of fused-ring (bicyclic) bond motifs is 1. The minimum Gasteiger partial charge on any atom is -0.335 e. The molecule has 0 unspecified atom stereocenters. The van der Waals surface area contributed by atoms with Crippen LogP contribution in [0.3, 0.4) is 0 Å². The van der Waals surface area contributed by atoms with Gasteiger partial charge in [0.2, 0.25) is 0 Å². The molecular formula is C26H22F2N4O2S. The number of rotatable bonds is 5. The van der Waals surface area contributed by atoms with E-state index in [1.807, 2.05) is 59.3 Å². The topological polar surface area (TPSA) is 57.9 Å². The molecule has 0 aliphatic carbocycles. The lowest BCUT2D eigenvalue weighted by Crippen LogP contribution is -2.50. The summed E-state index contributed by atoms with van der Waals surface area (Å²) in [6.07, 6.45) is 3.93. The highest BCUT2D eigenvalue weighted by Gasteiger charge is 2.27. The third kappa shape index (κ3) is 4.90. The molecule has 1 fully saturated rings. The molecule has 0 saturated carbocycles. The fraction of sp³-hybridized carbons (Fsp3) is 0.192. The van der Waals surface area contributed by atoms with Gasteiger partial charge in [-0.15, -0.1) is 11.8 Å². The number of carbonyl (C=O) groups is 2. The summed E-state index contributed by atoms with van der Waals surface area (Å²) < 4.78 is 28.7. The minimum absolute atomic E-state index is 0.0944. The van der Waals surface area contributed by atoms with Crippen molar-refractivity contribution in [3.05, 3.63) is 102 Å². The van der Waals surface area contributed by atoms with E-state index in [-0.39, 0.29) is 17.4 Å². The molecule has 0 spiro atoms. The lowest BCUT2D eigenvalue weighted by Gasteiger charge is -2.35. The molecule has 2 aromatic heterocycles. The van der Waals surface area contributed by atoms with Crippen LogP contribution in [0.2, 0.25) is 0 Å². The first-order valence-electron chi connectivity index (χ1n) is 11.2. The van der Waals surface area contributed by atoms with E-state index < -0.39 is 11.6 Å². The van der Waals surface area contributed by atoms with Crippen LogP contribution >= 0.6 is 11.8 Å². The molecule has 1 aliphatic heterocycles. The number of hydrogen-bond acceptors (Lipinski definition) is 4. The number of benzene rings is 2. The largest absolute Gasteiger partial charge is 0.335 e. The second-order valence-electron chi connectivity index (χ2n) is 8.20. The van der Waals surface area contributed by atoms with Gasteiger partial charge in [-0.1, -0.05) is 18.2 Å². The zero-order chi connectivity index (χ0) is 24.4. The van der Waals surface area contributed by atoms with Gasteiger partial charge in [0, 0.05) is 54.8 Å². The van der Waals surface area contributed by atoms with E-state index in [1.54, 1.807) is 21.6 Å². The van der Waals surface area contributed by atoms with Crippen molar-refractivity contribution < 1.29 is 18.4 Å². The van der Waals surface area contributed by atoms with Gasteiger partial charge in [-0.2, -0.15) is 0 Å². The second-order valence-corrected chi connectivity index (χ2v) is 9.21. The quantitative estimate of drug-likeness (QED) is 0.385. The molecule has 0 N–H and O–H groups in total. The number of imidazole rings is 1. The lowest BCUT2D eigenvalue weighted by molar-refractivity contribution is 0.0533. The first kappa shape index (κ1) is 23.0. The van der Waals surface area contributed by atoms with Gasteiger partial charge >= 0.3 is 0 Å². The van der Waals surface area contributed by atoms with Crippen molar-refractivity contribution in [3.63, 3.8) is 0 Å². The predicted octanol–water partition coefficient (Wildman–Crippen LogP) is 4.50.